The fraction of sp³-hybridized carbons (Fsp3) is 0.857. The van der Waals surface area contributed by atoms with Crippen molar-refractivity contribution >= 4 is 11.8 Å². The van der Waals surface area contributed by atoms with Crippen molar-refractivity contribution in [1.82, 2.24) is 10.1 Å². The van der Waals surface area contributed by atoms with Crippen LogP contribution in [-0.2, 0) is 10.3 Å². The number of ether oxygens (including phenoxy) is 1. The average Bonchev–Trinajstić information content (AvgIpc) is 3.07. The molecule has 2 N–H and O–H groups in total. The Kier molecular flexibility index (Phi) is 4.06. The Morgan fingerprint density at radius 1 is 1.45 bits per heavy atom. The van der Waals surface area contributed by atoms with Gasteiger partial charge in [0.1, 0.15) is 5.60 Å². The highest BCUT2D eigenvalue weighted by molar-refractivity contribution is 7.99. The molecule has 4 atom stereocenters. The van der Waals surface area contributed by atoms with Gasteiger partial charge >= 0.3 is 0 Å². The second-order valence-electron chi connectivity index (χ2n) is 6.16. The molecule has 1 saturated heterocycles. The Bertz CT molecular complexity index is 467. The van der Waals surface area contributed by atoms with Crippen LogP contribution in [0.3, 0.4) is 0 Å². The van der Waals surface area contributed by atoms with Crippen LogP contribution in [0.5, 0.6) is 0 Å². The van der Waals surface area contributed by atoms with E-state index in [9.17, 15) is 0 Å². The molecule has 2 fully saturated rings. The lowest BCUT2D eigenvalue weighted by Crippen LogP contribution is -2.35. The molecule has 1 aromatic heterocycles. The van der Waals surface area contributed by atoms with Crippen LogP contribution >= 0.6 is 11.8 Å². The zero-order valence-corrected chi connectivity index (χ0v) is 13.0. The molecular formula is C14H23N3O2S. The number of rotatable bonds is 3. The van der Waals surface area contributed by atoms with Crippen LogP contribution in [0.25, 0.3) is 0 Å². The highest BCUT2D eigenvalue weighted by Gasteiger charge is 2.42. The normalized spacial score (nSPS) is 38.2. The van der Waals surface area contributed by atoms with E-state index >= 15 is 0 Å². The Labute approximate surface area is 124 Å². The van der Waals surface area contributed by atoms with Gasteiger partial charge in [-0.3, -0.25) is 0 Å². The maximum atomic E-state index is 6.11. The maximum Gasteiger partial charge on any atom is 0.232 e. The van der Waals surface area contributed by atoms with E-state index in [4.69, 9.17) is 15.0 Å². The molecule has 112 valence electrons. The molecule has 20 heavy (non-hydrogen) atoms. The second kappa shape index (κ2) is 5.66. The lowest BCUT2D eigenvalue weighted by Gasteiger charge is -2.36. The monoisotopic (exact) mass is 297 g/mol. The van der Waals surface area contributed by atoms with Crippen LogP contribution in [-0.4, -0.2) is 34.8 Å². The van der Waals surface area contributed by atoms with E-state index in [-0.39, 0.29) is 17.6 Å². The van der Waals surface area contributed by atoms with Crippen molar-refractivity contribution in [2.24, 2.45) is 11.7 Å². The molecule has 0 amide bonds. The van der Waals surface area contributed by atoms with Gasteiger partial charge in [0.15, 0.2) is 0 Å². The van der Waals surface area contributed by atoms with Gasteiger partial charge in [-0.05, 0) is 25.2 Å². The van der Waals surface area contributed by atoms with E-state index in [0.717, 1.165) is 30.8 Å². The molecule has 1 aliphatic heterocycles. The van der Waals surface area contributed by atoms with Crippen molar-refractivity contribution in [2.45, 2.75) is 50.2 Å². The summed E-state index contributed by atoms with van der Waals surface area (Å²) in [5, 5.41) is 4.22. The van der Waals surface area contributed by atoms with Crippen molar-refractivity contribution < 1.29 is 9.26 Å². The lowest BCUT2D eigenvalue weighted by atomic mass is 9.78. The number of hydrogen-bond acceptors (Lipinski definition) is 6. The van der Waals surface area contributed by atoms with E-state index in [1.165, 1.54) is 6.42 Å². The van der Waals surface area contributed by atoms with Gasteiger partial charge in [-0.25, -0.2) is 0 Å². The lowest BCUT2D eigenvalue weighted by molar-refractivity contribution is -0.0658. The van der Waals surface area contributed by atoms with Crippen molar-refractivity contribution in [3.8, 4) is 0 Å². The first kappa shape index (κ1) is 14.4. The smallest absolute Gasteiger partial charge is 0.232 e. The van der Waals surface area contributed by atoms with Crippen molar-refractivity contribution in [2.75, 3.05) is 18.6 Å². The van der Waals surface area contributed by atoms with E-state index in [1.807, 2.05) is 11.8 Å². The summed E-state index contributed by atoms with van der Waals surface area (Å²) in [6, 6.07) is 0.122. The average molecular weight is 297 g/mol. The Hall–Kier alpha value is -0.590. The number of aromatic nitrogens is 2. The highest BCUT2D eigenvalue weighted by Crippen LogP contribution is 2.42. The Morgan fingerprint density at radius 2 is 2.30 bits per heavy atom. The third kappa shape index (κ3) is 2.49. The van der Waals surface area contributed by atoms with Crippen LogP contribution in [0.4, 0.5) is 0 Å². The van der Waals surface area contributed by atoms with E-state index in [2.05, 4.69) is 17.1 Å². The first-order valence-electron chi connectivity index (χ1n) is 7.37. The maximum absolute atomic E-state index is 6.11. The summed E-state index contributed by atoms with van der Waals surface area (Å²) >= 11 is 1.85. The molecule has 6 heteroatoms. The fourth-order valence-corrected chi connectivity index (χ4v) is 4.66. The quantitative estimate of drug-likeness (QED) is 0.922. The standard InChI is InChI=1S/C14H23N3O2S/c1-9-4-3-5-14(6-9,18-2)13-16-12(19-17-13)10-7-20-8-11(10)15/h9-11H,3-8,15H2,1-2H3. The van der Waals surface area contributed by atoms with Gasteiger partial charge in [0, 0.05) is 24.7 Å². The third-order valence-corrected chi connectivity index (χ3v) is 5.85. The minimum absolute atomic E-state index is 0.122. The SMILES string of the molecule is COC1(c2noc(C3CSCC3N)n2)CCCC(C)C1. The summed E-state index contributed by atoms with van der Waals surface area (Å²) in [4.78, 5) is 4.65. The molecule has 0 aromatic carbocycles. The first-order chi connectivity index (χ1) is 9.64. The van der Waals surface area contributed by atoms with Crippen LogP contribution < -0.4 is 5.73 Å². The number of thioether (sulfide) groups is 1. The molecule has 0 spiro atoms. The largest absolute Gasteiger partial charge is 0.370 e. The topological polar surface area (TPSA) is 74.2 Å². The van der Waals surface area contributed by atoms with Gasteiger partial charge < -0.3 is 15.0 Å². The summed E-state index contributed by atoms with van der Waals surface area (Å²) in [6.45, 7) is 2.26. The van der Waals surface area contributed by atoms with E-state index < -0.39 is 0 Å². The van der Waals surface area contributed by atoms with Gasteiger partial charge in [0.25, 0.3) is 0 Å². The van der Waals surface area contributed by atoms with Crippen molar-refractivity contribution in [1.29, 1.82) is 0 Å². The number of nitrogens with zero attached hydrogens (tertiary/aromatic N) is 2. The molecule has 5 nitrogen and oxygen atoms in total. The second-order valence-corrected chi connectivity index (χ2v) is 7.24. The molecule has 4 unspecified atom stereocenters. The zero-order chi connectivity index (χ0) is 14.2. The summed E-state index contributed by atoms with van der Waals surface area (Å²) in [6.07, 6.45) is 4.34. The minimum atomic E-state index is -0.366. The first-order valence-corrected chi connectivity index (χ1v) is 8.52. The molecule has 3 rings (SSSR count). The van der Waals surface area contributed by atoms with E-state index in [0.29, 0.717) is 17.6 Å². The number of nitrogens with two attached hydrogens (primary N) is 1. The molecule has 1 saturated carbocycles. The van der Waals surface area contributed by atoms with Crippen LogP contribution in [0.15, 0.2) is 4.52 Å². The van der Waals surface area contributed by atoms with Gasteiger partial charge in [0.05, 0.1) is 5.92 Å². The number of hydrogen-bond donors (Lipinski definition) is 1. The zero-order valence-electron chi connectivity index (χ0n) is 12.2. The summed E-state index contributed by atoms with van der Waals surface area (Å²) in [5.41, 5.74) is 5.74. The third-order valence-electron chi connectivity index (χ3n) is 4.64. The molecule has 1 aliphatic carbocycles. The van der Waals surface area contributed by atoms with Gasteiger partial charge in [-0.1, -0.05) is 18.5 Å². The van der Waals surface area contributed by atoms with Gasteiger partial charge in [-0.15, -0.1) is 0 Å². The van der Waals surface area contributed by atoms with Gasteiger partial charge in [-0.2, -0.15) is 16.7 Å². The highest BCUT2D eigenvalue weighted by atomic mass is 32.2. The summed E-state index contributed by atoms with van der Waals surface area (Å²) in [5.74, 6) is 4.16. The van der Waals surface area contributed by atoms with Crippen LogP contribution in [0.2, 0.25) is 0 Å². The Balaban J connectivity index is 1.84. The molecule has 2 heterocycles. The van der Waals surface area contributed by atoms with Crippen LogP contribution in [0, 0.1) is 5.92 Å². The van der Waals surface area contributed by atoms with Crippen molar-refractivity contribution in [3.63, 3.8) is 0 Å². The predicted octanol–water partition coefficient (Wildman–Crippen LogP) is 2.28. The molecule has 2 aliphatic rings. The summed E-state index contributed by atoms with van der Waals surface area (Å²) < 4.78 is 11.3. The molecule has 1 aromatic rings. The van der Waals surface area contributed by atoms with Gasteiger partial charge in [0.2, 0.25) is 11.7 Å². The fourth-order valence-electron chi connectivity index (χ4n) is 3.38. The van der Waals surface area contributed by atoms with Crippen molar-refractivity contribution in [3.05, 3.63) is 11.7 Å². The predicted molar refractivity (Wildman–Crippen MR) is 78.7 cm³/mol. The Morgan fingerprint density at radius 3 is 2.95 bits per heavy atom. The minimum Gasteiger partial charge on any atom is -0.370 e. The molecule has 0 bridgehead atoms. The summed E-state index contributed by atoms with van der Waals surface area (Å²) in [7, 11) is 1.76. The number of methoxy groups -OCH3 is 1. The molecular weight excluding hydrogens is 274 g/mol. The molecule has 0 radical (unpaired) electrons. The van der Waals surface area contributed by atoms with E-state index in [1.54, 1.807) is 7.11 Å². The van der Waals surface area contributed by atoms with Crippen LogP contribution in [0.1, 0.15) is 50.2 Å².